The third-order valence-corrected chi connectivity index (χ3v) is 3.71. The second kappa shape index (κ2) is 4.90. The van der Waals surface area contributed by atoms with Crippen LogP contribution in [0, 0.1) is 5.92 Å². The van der Waals surface area contributed by atoms with Crippen molar-refractivity contribution in [2.45, 2.75) is 64.5 Å². The molecule has 0 bridgehead atoms. The molecule has 0 aromatic rings. The Labute approximate surface area is 109 Å². The van der Waals surface area contributed by atoms with Gasteiger partial charge in [-0.2, -0.15) is 0 Å². The molecule has 1 heterocycles. The number of carbonyl (C=O) groups is 2. The summed E-state index contributed by atoms with van der Waals surface area (Å²) in [6.07, 6.45) is 4.37. The lowest BCUT2D eigenvalue weighted by Gasteiger charge is -2.42. The molecule has 18 heavy (non-hydrogen) atoms. The number of ether oxygens (including phenoxy) is 1. The van der Waals surface area contributed by atoms with Crippen LogP contribution in [0.4, 0.5) is 4.79 Å². The number of amides is 1. The van der Waals surface area contributed by atoms with Gasteiger partial charge in [-0.1, -0.05) is 0 Å². The molecule has 1 saturated carbocycles. The average Bonchev–Trinajstić information content (AvgIpc) is 2.26. The number of hydrogen-bond acceptors (Lipinski definition) is 3. The van der Waals surface area contributed by atoms with Gasteiger partial charge >= 0.3 is 6.09 Å². The van der Waals surface area contributed by atoms with Crippen LogP contribution in [0.5, 0.6) is 0 Å². The molecular formula is C14H23NO3. The molecule has 0 N–H and O–H groups in total. The van der Waals surface area contributed by atoms with Crippen LogP contribution in [0.2, 0.25) is 0 Å². The average molecular weight is 253 g/mol. The molecule has 1 aliphatic heterocycles. The van der Waals surface area contributed by atoms with Crippen LogP contribution in [0.1, 0.15) is 52.9 Å². The lowest BCUT2D eigenvalue weighted by Crippen LogP contribution is -2.55. The molecule has 2 atom stereocenters. The first-order chi connectivity index (χ1) is 8.38. The Morgan fingerprint density at radius 3 is 2.61 bits per heavy atom. The van der Waals surface area contributed by atoms with Crippen molar-refractivity contribution in [1.29, 1.82) is 0 Å². The van der Waals surface area contributed by atoms with Gasteiger partial charge in [-0.15, -0.1) is 0 Å². The summed E-state index contributed by atoms with van der Waals surface area (Å²) in [6, 6.07) is -0.220. The van der Waals surface area contributed by atoms with Crippen molar-refractivity contribution in [2.24, 2.45) is 5.92 Å². The van der Waals surface area contributed by atoms with E-state index in [-0.39, 0.29) is 17.9 Å². The number of ketones is 1. The summed E-state index contributed by atoms with van der Waals surface area (Å²) in [5, 5.41) is 0. The number of nitrogens with zero attached hydrogens (tertiary/aromatic N) is 1. The number of carbonyl (C=O) groups excluding carboxylic acids is 2. The third kappa shape index (κ3) is 2.85. The number of likely N-dealkylation sites (tertiary alicyclic amines) is 1. The molecule has 2 fully saturated rings. The van der Waals surface area contributed by atoms with Gasteiger partial charge in [-0.3, -0.25) is 9.69 Å². The van der Waals surface area contributed by atoms with Gasteiger partial charge in [0.25, 0.3) is 0 Å². The number of Topliss-reactive ketones (excluding diaryl/α,β-unsaturated/α-hetero) is 1. The van der Waals surface area contributed by atoms with Crippen molar-refractivity contribution in [3.05, 3.63) is 0 Å². The zero-order valence-electron chi connectivity index (χ0n) is 11.6. The largest absolute Gasteiger partial charge is 0.444 e. The highest BCUT2D eigenvalue weighted by Gasteiger charge is 2.42. The van der Waals surface area contributed by atoms with Gasteiger partial charge in [0.1, 0.15) is 5.60 Å². The SMILES string of the molecule is CC(C)(C)OC(=O)N1CCCC2CCCC(=O)C21. The third-order valence-electron chi connectivity index (χ3n) is 3.71. The van der Waals surface area contributed by atoms with Gasteiger partial charge in [0.15, 0.2) is 5.78 Å². The second-order valence-corrected chi connectivity index (χ2v) is 6.38. The van der Waals surface area contributed by atoms with Gasteiger partial charge in [0.05, 0.1) is 6.04 Å². The van der Waals surface area contributed by atoms with Gasteiger partial charge < -0.3 is 4.74 Å². The first kappa shape index (κ1) is 13.4. The monoisotopic (exact) mass is 253 g/mol. The number of hydrogen-bond donors (Lipinski definition) is 0. The summed E-state index contributed by atoms with van der Waals surface area (Å²) in [5.74, 6) is 0.573. The maximum Gasteiger partial charge on any atom is 0.410 e. The maximum absolute atomic E-state index is 12.2. The van der Waals surface area contributed by atoms with Gasteiger partial charge in [0, 0.05) is 13.0 Å². The van der Waals surface area contributed by atoms with Gasteiger partial charge in [-0.05, 0) is 52.4 Å². The molecule has 4 heteroatoms. The van der Waals surface area contributed by atoms with Crippen LogP contribution < -0.4 is 0 Å². The highest BCUT2D eigenvalue weighted by Crippen LogP contribution is 2.34. The first-order valence-electron chi connectivity index (χ1n) is 6.91. The predicted octanol–water partition coefficient (Wildman–Crippen LogP) is 2.76. The Balaban J connectivity index is 2.10. The van der Waals surface area contributed by atoms with Crippen molar-refractivity contribution in [1.82, 2.24) is 4.90 Å². The van der Waals surface area contributed by atoms with Gasteiger partial charge in [0.2, 0.25) is 0 Å². The van der Waals surface area contributed by atoms with E-state index in [1.54, 1.807) is 4.90 Å². The highest BCUT2D eigenvalue weighted by atomic mass is 16.6. The zero-order valence-corrected chi connectivity index (χ0v) is 11.6. The summed E-state index contributed by atoms with van der Waals surface area (Å²) in [4.78, 5) is 25.9. The van der Waals surface area contributed by atoms with Crippen molar-refractivity contribution < 1.29 is 14.3 Å². The fraction of sp³-hybridized carbons (Fsp3) is 0.857. The number of rotatable bonds is 0. The minimum Gasteiger partial charge on any atom is -0.444 e. The lowest BCUT2D eigenvalue weighted by molar-refractivity contribution is -0.130. The number of fused-ring (bicyclic) bond motifs is 1. The van der Waals surface area contributed by atoms with E-state index in [1.807, 2.05) is 20.8 Å². The van der Waals surface area contributed by atoms with E-state index < -0.39 is 5.60 Å². The maximum atomic E-state index is 12.2. The van der Waals surface area contributed by atoms with Crippen LogP contribution in [-0.2, 0) is 9.53 Å². The van der Waals surface area contributed by atoms with E-state index in [0.29, 0.717) is 18.9 Å². The Morgan fingerprint density at radius 2 is 1.94 bits per heavy atom. The minimum absolute atomic E-state index is 0.219. The molecule has 2 unspecified atom stereocenters. The molecule has 0 radical (unpaired) electrons. The van der Waals surface area contributed by atoms with E-state index in [9.17, 15) is 9.59 Å². The lowest BCUT2D eigenvalue weighted by atomic mass is 9.78. The molecule has 0 aromatic heterocycles. The van der Waals surface area contributed by atoms with Crippen molar-refractivity contribution >= 4 is 11.9 Å². The van der Waals surface area contributed by atoms with E-state index in [1.165, 1.54) is 0 Å². The van der Waals surface area contributed by atoms with Crippen LogP contribution in [0.3, 0.4) is 0 Å². The molecule has 4 nitrogen and oxygen atoms in total. The molecular weight excluding hydrogens is 230 g/mol. The standard InChI is InChI=1S/C14H23NO3/c1-14(2,3)18-13(17)15-9-5-7-10-6-4-8-11(16)12(10)15/h10,12H,4-9H2,1-3H3. The van der Waals surface area contributed by atoms with E-state index >= 15 is 0 Å². The van der Waals surface area contributed by atoms with Crippen LogP contribution in [0.25, 0.3) is 0 Å². The molecule has 0 aromatic carbocycles. The quantitative estimate of drug-likeness (QED) is 0.667. The van der Waals surface area contributed by atoms with Gasteiger partial charge in [-0.25, -0.2) is 4.79 Å². The predicted molar refractivity (Wildman–Crippen MR) is 68.3 cm³/mol. The Kier molecular flexibility index (Phi) is 3.64. The summed E-state index contributed by atoms with van der Waals surface area (Å²) in [7, 11) is 0. The molecule has 2 rings (SSSR count). The van der Waals surface area contributed by atoms with Crippen molar-refractivity contribution in [3.63, 3.8) is 0 Å². The fourth-order valence-corrected chi connectivity index (χ4v) is 3.03. The van der Waals surface area contributed by atoms with Crippen LogP contribution in [0.15, 0.2) is 0 Å². The molecule has 2 aliphatic rings. The smallest absolute Gasteiger partial charge is 0.410 e. The number of piperidine rings is 1. The molecule has 1 aliphatic carbocycles. The van der Waals surface area contributed by atoms with Crippen molar-refractivity contribution in [2.75, 3.05) is 6.54 Å². The summed E-state index contributed by atoms with van der Waals surface area (Å²) in [5.41, 5.74) is -0.498. The fourth-order valence-electron chi connectivity index (χ4n) is 3.03. The van der Waals surface area contributed by atoms with Crippen LogP contribution in [-0.4, -0.2) is 35.0 Å². The molecule has 1 amide bonds. The molecule has 0 spiro atoms. The zero-order chi connectivity index (χ0) is 13.3. The molecule has 102 valence electrons. The Hall–Kier alpha value is -1.06. The van der Waals surface area contributed by atoms with E-state index in [4.69, 9.17) is 4.74 Å². The molecule has 1 saturated heterocycles. The summed E-state index contributed by atoms with van der Waals surface area (Å²) in [6.45, 7) is 6.22. The van der Waals surface area contributed by atoms with Crippen LogP contribution >= 0.6 is 0 Å². The summed E-state index contributed by atoms with van der Waals surface area (Å²) < 4.78 is 5.41. The first-order valence-corrected chi connectivity index (χ1v) is 6.91. The Bertz CT molecular complexity index is 343. The highest BCUT2D eigenvalue weighted by molar-refractivity contribution is 5.88. The second-order valence-electron chi connectivity index (χ2n) is 6.38. The topological polar surface area (TPSA) is 46.6 Å². The summed E-state index contributed by atoms with van der Waals surface area (Å²) >= 11 is 0. The normalized spacial score (nSPS) is 28.8. The van der Waals surface area contributed by atoms with E-state index in [2.05, 4.69) is 0 Å². The van der Waals surface area contributed by atoms with E-state index in [0.717, 1.165) is 25.7 Å². The van der Waals surface area contributed by atoms with Crippen molar-refractivity contribution in [3.8, 4) is 0 Å². The Morgan fingerprint density at radius 1 is 1.28 bits per heavy atom. The minimum atomic E-state index is -0.498.